The number of hydrogen-bond donors (Lipinski definition) is 0. The van der Waals surface area contributed by atoms with Crippen LogP contribution in [0.15, 0.2) is 0 Å². The molecule has 0 radical (unpaired) electrons. The summed E-state index contributed by atoms with van der Waals surface area (Å²) in [6.07, 6.45) is 0. The van der Waals surface area contributed by atoms with Gasteiger partial charge in [-0.2, -0.15) is 0 Å². The fourth-order valence-corrected chi connectivity index (χ4v) is 3.82. The molecular formula is C12H32LiN4OP. The normalized spacial score (nSPS) is 11.9. The Hall–Kier alpha value is 0.667. The van der Waals surface area contributed by atoms with E-state index in [0.717, 1.165) is 0 Å². The Labute approximate surface area is 132 Å². The summed E-state index contributed by atoms with van der Waals surface area (Å²) in [5.41, 5.74) is 0. The summed E-state index contributed by atoms with van der Waals surface area (Å²) in [6, 6.07) is 1.000. The average molecular weight is 286 g/mol. The van der Waals surface area contributed by atoms with Crippen LogP contribution in [0.25, 0.3) is 5.32 Å². The molecule has 19 heavy (non-hydrogen) atoms. The molecular weight excluding hydrogens is 254 g/mol. The van der Waals surface area contributed by atoms with Crippen molar-refractivity contribution in [3.63, 3.8) is 0 Å². The first-order valence-corrected chi connectivity index (χ1v) is 7.86. The summed E-state index contributed by atoms with van der Waals surface area (Å²) >= 11 is 0. The van der Waals surface area contributed by atoms with Gasteiger partial charge in [-0.1, -0.05) is 27.7 Å². The molecule has 0 fully saturated rings. The number of rotatable bonds is 5. The Morgan fingerprint density at radius 2 is 0.947 bits per heavy atom. The minimum absolute atomic E-state index is 0. The molecule has 0 aromatic rings. The van der Waals surface area contributed by atoms with E-state index < -0.39 is 7.59 Å². The summed E-state index contributed by atoms with van der Waals surface area (Å²) in [5.74, 6) is 0. The zero-order valence-electron chi connectivity index (χ0n) is 14.8. The Bertz CT molecular complexity index is 224. The van der Waals surface area contributed by atoms with Crippen LogP contribution >= 0.6 is 7.59 Å². The number of nitrogens with zero attached hydrogens (tertiary/aromatic N) is 4. The van der Waals surface area contributed by atoms with E-state index in [4.69, 9.17) is 0 Å². The van der Waals surface area contributed by atoms with Crippen LogP contribution in [0.1, 0.15) is 27.7 Å². The largest absolute Gasteiger partial charge is 1.00 e. The van der Waals surface area contributed by atoms with E-state index in [2.05, 4.69) is 33.0 Å². The molecule has 112 valence electrons. The van der Waals surface area contributed by atoms with Crippen LogP contribution in [0.4, 0.5) is 0 Å². The van der Waals surface area contributed by atoms with E-state index in [-0.39, 0.29) is 18.9 Å². The maximum atomic E-state index is 12.1. The maximum Gasteiger partial charge on any atom is 1.00 e. The fraction of sp³-hybridized carbons (Fsp3) is 1.00. The molecule has 0 saturated heterocycles. The van der Waals surface area contributed by atoms with Crippen molar-refractivity contribution in [2.45, 2.75) is 39.8 Å². The summed E-state index contributed by atoms with van der Waals surface area (Å²) in [6.45, 7) is 8.39. The third-order valence-electron chi connectivity index (χ3n) is 2.16. The standard InChI is InChI=1S/C6H18N3OP.C6H14N.Li/c1-7(2)11(10,8(3)4)9(5)6;1-5(2)7-6(3)4;/h1-6H3;5-6H,1-4H3;/q;-1;+1. The molecule has 0 aliphatic heterocycles. The van der Waals surface area contributed by atoms with Gasteiger partial charge >= 0.3 is 18.9 Å². The Morgan fingerprint density at radius 3 is 0.947 bits per heavy atom. The van der Waals surface area contributed by atoms with Gasteiger partial charge in [0.25, 0.3) is 7.59 Å². The summed E-state index contributed by atoms with van der Waals surface area (Å²) < 4.78 is 17.3. The quantitative estimate of drug-likeness (QED) is 0.525. The minimum Gasteiger partial charge on any atom is -0.658 e. The van der Waals surface area contributed by atoms with Crippen molar-refractivity contribution in [2.75, 3.05) is 42.3 Å². The van der Waals surface area contributed by atoms with Crippen molar-refractivity contribution in [3.8, 4) is 0 Å². The second-order valence-electron chi connectivity index (χ2n) is 5.39. The zero-order valence-corrected chi connectivity index (χ0v) is 15.7. The Morgan fingerprint density at radius 1 is 0.737 bits per heavy atom. The van der Waals surface area contributed by atoms with Gasteiger partial charge in [0.1, 0.15) is 0 Å². The smallest absolute Gasteiger partial charge is 0.658 e. The molecule has 0 atom stereocenters. The summed E-state index contributed by atoms with van der Waals surface area (Å²) in [5, 5.41) is 4.28. The van der Waals surface area contributed by atoms with Crippen molar-refractivity contribution >= 4 is 7.59 Å². The molecule has 0 aliphatic carbocycles. The van der Waals surface area contributed by atoms with Crippen molar-refractivity contribution in [1.82, 2.24) is 14.0 Å². The van der Waals surface area contributed by atoms with Gasteiger partial charge in [-0.25, -0.2) is 14.0 Å². The zero-order chi connectivity index (χ0) is 15.1. The van der Waals surface area contributed by atoms with E-state index in [1.807, 2.05) is 42.3 Å². The van der Waals surface area contributed by atoms with Gasteiger partial charge < -0.3 is 5.32 Å². The molecule has 0 aromatic heterocycles. The van der Waals surface area contributed by atoms with Gasteiger partial charge in [0.15, 0.2) is 0 Å². The first-order valence-electron chi connectivity index (χ1n) is 6.29. The molecule has 0 N–H and O–H groups in total. The molecule has 0 spiro atoms. The van der Waals surface area contributed by atoms with Crippen LogP contribution in [0, 0.1) is 0 Å². The summed E-state index contributed by atoms with van der Waals surface area (Å²) in [7, 11) is 8.49. The third-order valence-corrected chi connectivity index (χ3v) is 5.29. The van der Waals surface area contributed by atoms with Gasteiger partial charge in [0, 0.05) is 0 Å². The molecule has 0 bridgehead atoms. The second kappa shape index (κ2) is 11.3. The van der Waals surface area contributed by atoms with Gasteiger partial charge in [-0.15, -0.1) is 12.1 Å². The van der Waals surface area contributed by atoms with Gasteiger partial charge in [-0.05, 0) is 42.3 Å². The Balaban J connectivity index is -0.000000280. The van der Waals surface area contributed by atoms with Gasteiger partial charge in [0.05, 0.1) is 0 Å². The predicted octanol–water partition coefficient (Wildman–Crippen LogP) is -0.0398. The maximum absolute atomic E-state index is 12.1. The molecule has 0 heterocycles. The molecule has 0 aliphatic rings. The van der Waals surface area contributed by atoms with Crippen LogP contribution in [-0.4, -0.2) is 68.4 Å². The van der Waals surface area contributed by atoms with Crippen LogP contribution in [0.3, 0.4) is 0 Å². The molecule has 0 rings (SSSR count). The van der Waals surface area contributed by atoms with Crippen LogP contribution in [-0.2, 0) is 4.57 Å². The van der Waals surface area contributed by atoms with Crippen LogP contribution in [0.2, 0.25) is 0 Å². The third kappa shape index (κ3) is 10.1. The van der Waals surface area contributed by atoms with E-state index in [1.54, 1.807) is 14.0 Å². The van der Waals surface area contributed by atoms with Crippen LogP contribution < -0.4 is 18.9 Å². The van der Waals surface area contributed by atoms with E-state index in [9.17, 15) is 4.57 Å². The van der Waals surface area contributed by atoms with E-state index in [1.165, 1.54) is 0 Å². The summed E-state index contributed by atoms with van der Waals surface area (Å²) in [4.78, 5) is 0. The topological polar surface area (TPSA) is 40.9 Å². The molecule has 0 aromatic carbocycles. The van der Waals surface area contributed by atoms with Crippen LogP contribution in [0.5, 0.6) is 0 Å². The average Bonchev–Trinajstić information content (AvgIpc) is 2.13. The molecule has 0 saturated carbocycles. The second-order valence-corrected chi connectivity index (χ2v) is 8.82. The van der Waals surface area contributed by atoms with Crippen molar-refractivity contribution in [3.05, 3.63) is 5.32 Å². The SMILES string of the molecule is CC(C)[N-]C(C)C.CN(C)P(=O)(N(C)C)N(C)C.[Li+]. The fourth-order valence-electron chi connectivity index (χ4n) is 1.67. The molecule has 0 unspecified atom stereocenters. The predicted molar refractivity (Wildman–Crippen MR) is 82.3 cm³/mol. The first kappa shape index (κ1) is 24.7. The minimum atomic E-state index is -2.44. The number of hydrogen-bond acceptors (Lipinski definition) is 1. The van der Waals surface area contributed by atoms with E-state index in [0.29, 0.717) is 12.1 Å². The van der Waals surface area contributed by atoms with Crippen molar-refractivity contribution in [2.24, 2.45) is 0 Å². The monoisotopic (exact) mass is 286 g/mol. The van der Waals surface area contributed by atoms with Crippen molar-refractivity contribution < 1.29 is 23.4 Å². The molecule has 0 amide bonds. The Kier molecular flexibility index (Phi) is 14.7. The van der Waals surface area contributed by atoms with Gasteiger partial charge in [0.2, 0.25) is 0 Å². The molecule has 7 heteroatoms. The van der Waals surface area contributed by atoms with Gasteiger partial charge in [-0.3, -0.25) is 4.57 Å². The molecule has 5 nitrogen and oxygen atoms in total. The van der Waals surface area contributed by atoms with Crippen molar-refractivity contribution in [1.29, 1.82) is 0 Å². The van der Waals surface area contributed by atoms with E-state index >= 15 is 0 Å². The first-order chi connectivity index (χ1) is 7.96.